The molecule has 0 atom stereocenters. The van der Waals surface area contributed by atoms with E-state index < -0.39 is 0 Å². The molecule has 0 unspecified atom stereocenters. The van der Waals surface area contributed by atoms with Gasteiger partial charge in [-0.1, -0.05) is 164 Å². The zero-order chi connectivity index (χ0) is 38.4. The summed E-state index contributed by atoms with van der Waals surface area (Å²) < 4.78 is 2.44. The summed E-state index contributed by atoms with van der Waals surface area (Å²) in [5.74, 6) is 0. The van der Waals surface area contributed by atoms with Gasteiger partial charge in [0.25, 0.3) is 0 Å². The van der Waals surface area contributed by atoms with Crippen molar-refractivity contribution in [3.05, 3.63) is 231 Å². The molecule has 1 aromatic heterocycles. The quantitative estimate of drug-likeness (QED) is 0.158. The van der Waals surface area contributed by atoms with Crippen molar-refractivity contribution < 1.29 is 0 Å². The number of aromatic nitrogens is 1. The molecule has 0 amide bonds. The standard InChI is InChI=1S/C56H38N2/c1-3-15-39(16-4-1)43-20-13-24-49(36-43)57(48-33-31-41(32-34-48)44-30-29-40-17-7-8-18-42(40)35-44)50-25-14-21-45(37-50)53-38-46-19-9-10-26-51(46)56-55(53)52-27-11-12-28-54(52)58(56)47-22-5-2-6-23-47/h1-38H. The molecule has 0 spiro atoms. The average molecular weight is 739 g/mol. The molecular formula is C56H38N2. The molecule has 0 saturated carbocycles. The second-order valence-corrected chi connectivity index (χ2v) is 15.0. The Labute approximate surface area is 338 Å². The predicted molar refractivity (Wildman–Crippen MR) is 247 cm³/mol. The molecule has 0 saturated heterocycles. The molecule has 1 heterocycles. The van der Waals surface area contributed by atoms with Crippen molar-refractivity contribution in [3.63, 3.8) is 0 Å². The summed E-state index contributed by atoms with van der Waals surface area (Å²) in [5, 5.41) is 7.45. The van der Waals surface area contributed by atoms with Gasteiger partial charge in [0.05, 0.1) is 11.0 Å². The third-order valence-electron chi connectivity index (χ3n) is 11.5. The summed E-state index contributed by atoms with van der Waals surface area (Å²) in [7, 11) is 0. The maximum absolute atomic E-state index is 2.44. The summed E-state index contributed by atoms with van der Waals surface area (Å²) in [4.78, 5) is 2.39. The largest absolute Gasteiger partial charge is 0.310 e. The van der Waals surface area contributed by atoms with Crippen molar-refractivity contribution in [2.24, 2.45) is 0 Å². The SMILES string of the molecule is c1ccc(-c2cccc(N(c3ccc(-c4ccc5ccccc5c4)cc3)c3cccc(-c4cc5ccccc5c5c4c4ccccc4n5-c4ccccc4)c3)c2)cc1. The topological polar surface area (TPSA) is 8.17 Å². The fourth-order valence-electron chi connectivity index (χ4n) is 8.79. The van der Waals surface area contributed by atoms with Gasteiger partial charge in [-0.15, -0.1) is 0 Å². The smallest absolute Gasteiger partial charge is 0.0625 e. The van der Waals surface area contributed by atoms with Crippen LogP contribution in [0.3, 0.4) is 0 Å². The maximum atomic E-state index is 2.44. The van der Waals surface area contributed by atoms with E-state index in [1.165, 1.54) is 76.7 Å². The Morgan fingerprint density at radius 2 is 0.862 bits per heavy atom. The van der Waals surface area contributed by atoms with E-state index in [2.05, 4.69) is 240 Å². The Hall–Kier alpha value is -7.68. The average Bonchev–Trinajstić information content (AvgIpc) is 3.65. The second kappa shape index (κ2) is 14.1. The highest BCUT2D eigenvalue weighted by Crippen LogP contribution is 2.45. The first-order chi connectivity index (χ1) is 28.8. The van der Waals surface area contributed by atoms with Crippen molar-refractivity contribution in [2.45, 2.75) is 0 Å². The van der Waals surface area contributed by atoms with Crippen LogP contribution in [0.1, 0.15) is 0 Å². The molecule has 11 rings (SSSR count). The Morgan fingerprint density at radius 1 is 0.310 bits per heavy atom. The second-order valence-electron chi connectivity index (χ2n) is 15.0. The monoisotopic (exact) mass is 738 g/mol. The van der Waals surface area contributed by atoms with E-state index in [9.17, 15) is 0 Å². The zero-order valence-corrected chi connectivity index (χ0v) is 31.8. The van der Waals surface area contributed by atoms with Crippen LogP contribution in [-0.4, -0.2) is 4.57 Å². The molecule has 0 aliphatic heterocycles. The summed E-state index contributed by atoms with van der Waals surface area (Å²) in [6, 6.07) is 83.7. The number of anilines is 3. The number of hydrogen-bond donors (Lipinski definition) is 0. The van der Waals surface area contributed by atoms with Gasteiger partial charge >= 0.3 is 0 Å². The Balaban J connectivity index is 1.11. The highest BCUT2D eigenvalue weighted by atomic mass is 15.1. The predicted octanol–water partition coefficient (Wildman–Crippen LogP) is 15.6. The molecular weight excluding hydrogens is 701 g/mol. The molecule has 2 heteroatoms. The number of rotatable bonds is 7. The molecule has 0 fully saturated rings. The van der Waals surface area contributed by atoms with Gasteiger partial charge in [-0.25, -0.2) is 0 Å². The normalized spacial score (nSPS) is 11.4. The van der Waals surface area contributed by atoms with Gasteiger partial charge in [0.2, 0.25) is 0 Å². The van der Waals surface area contributed by atoms with Crippen LogP contribution in [0.2, 0.25) is 0 Å². The van der Waals surface area contributed by atoms with Crippen LogP contribution in [0.15, 0.2) is 231 Å². The first-order valence-corrected chi connectivity index (χ1v) is 19.9. The summed E-state index contributed by atoms with van der Waals surface area (Å²) in [5.41, 5.74) is 14.0. The van der Waals surface area contributed by atoms with Crippen LogP contribution >= 0.6 is 0 Å². The molecule has 0 N–H and O–H groups in total. The van der Waals surface area contributed by atoms with E-state index in [0.29, 0.717) is 0 Å². The van der Waals surface area contributed by atoms with Crippen molar-refractivity contribution in [2.75, 3.05) is 4.90 Å². The van der Waals surface area contributed by atoms with Gasteiger partial charge in [0.15, 0.2) is 0 Å². The van der Waals surface area contributed by atoms with Gasteiger partial charge < -0.3 is 9.47 Å². The lowest BCUT2D eigenvalue weighted by atomic mass is 9.94. The molecule has 0 radical (unpaired) electrons. The van der Waals surface area contributed by atoms with Crippen LogP contribution in [0.5, 0.6) is 0 Å². The Bertz CT molecular complexity index is 3270. The first kappa shape index (κ1) is 33.6. The molecule has 0 bridgehead atoms. The van der Waals surface area contributed by atoms with Crippen LogP contribution < -0.4 is 4.90 Å². The highest BCUT2D eigenvalue weighted by molar-refractivity contribution is 6.24. The third-order valence-corrected chi connectivity index (χ3v) is 11.5. The summed E-state index contributed by atoms with van der Waals surface area (Å²) >= 11 is 0. The van der Waals surface area contributed by atoms with Gasteiger partial charge in [-0.05, 0) is 116 Å². The maximum Gasteiger partial charge on any atom is 0.0625 e. The van der Waals surface area contributed by atoms with Crippen molar-refractivity contribution in [3.8, 4) is 39.1 Å². The minimum absolute atomic E-state index is 1.09. The Morgan fingerprint density at radius 3 is 1.64 bits per heavy atom. The molecule has 58 heavy (non-hydrogen) atoms. The van der Waals surface area contributed by atoms with Crippen LogP contribution in [0.25, 0.3) is 82.4 Å². The number of para-hydroxylation sites is 2. The molecule has 2 nitrogen and oxygen atoms in total. The van der Waals surface area contributed by atoms with Crippen LogP contribution in [0, 0.1) is 0 Å². The lowest BCUT2D eigenvalue weighted by Gasteiger charge is -2.27. The van der Waals surface area contributed by atoms with Crippen LogP contribution in [-0.2, 0) is 0 Å². The van der Waals surface area contributed by atoms with Crippen LogP contribution in [0.4, 0.5) is 17.1 Å². The summed E-state index contributed by atoms with van der Waals surface area (Å²) in [6.45, 7) is 0. The van der Waals surface area contributed by atoms with Gasteiger partial charge in [-0.3, -0.25) is 0 Å². The highest BCUT2D eigenvalue weighted by Gasteiger charge is 2.21. The van der Waals surface area contributed by atoms with E-state index in [4.69, 9.17) is 0 Å². The number of hydrogen-bond acceptors (Lipinski definition) is 1. The summed E-state index contributed by atoms with van der Waals surface area (Å²) in [6.07, 6.45) is 0. The van der Waals surface area contributed by atoms with Gasteiger partial charge in [-0.2, -0.15) is 0 Å². The minimum atomic E-state index is 1.09. The van der Waals surface area contributed by atoms with Gasteiger partial charge in [0, 0.05) is 38.9 Å². The van der Waals surface area contributed by atoms with E-state index >= 15 is 0 Å². The third kappa shape index (κ3) is 5.82. The van der Waals surface area contributed by atoms with Gasteiger partial charge in [0.1, 0.15) is 0 Å². The molecule has 11 aromatic rings. The Kier molecular flexibility index (Phi) is 8.19. The minimum Gasteiger partial charge on any atom is -0.310 e. The van der Waals surface area contributed by atoms with Crippen molar-refractivity contribution in [1.82, 2.24) is 4.57 Å². The lowest BCUT2D eigenvalue weighted by Crippen LogP contribution is -2.10. The zero-order valence-electron chi connectivity index (χ0n) is 31.8. The first-order valence-electron chi connectivity index (χ1n) is 19.9. The van der Waals surface area contributed by atoms with E-state index in [-0.39, 0.29) is 0 Å². The molecule has 0 aliphatic carbocycles. The van der Waals surface area contributed by atoms with E-state index in [1.54, 1.807) is 0 Å². The van der Waals surface area contributed by atoms with Crippen molar-refractivity contribution >= 4 is 60.4 Å². The fourth-order valence-corrected chi connectivity index (χ4v) is 8.79. The fraction of sp³-hybridized carbons (Fsp3) is 0. The number of nitrogens with zero attached hydrogens (tertiary/aromatic N) is 2. The van der Waals surface area contributed by atoms with E-state index in [1.807, 2.05) is 0 Å². The molecule has 272 valence electrons. The van der Waals surface area contributed by atoms with E-state index in [0.717, 1.165) is 22.7 Å². The molecule has 0 aliphatic rings. The molecule has 10 aromatic carbocycles. The number of benzene rings is 10. The lowest BCUT2D eigenvalue weighted by molar-refractivity contribution is 1.19. The van der Waals surface area contributed by atoms with Crippen molar-refractivity contribution in [1.29, 1.82) is 0 Å². The number of fused-ring (bicyclic) bond motifs is 6.